The van der Waals surface area contributed by atoms with Crippen LogP contribution in [-0.2, 0) is 11.2 Å². The van der Waals surface area contributed by atoms with E-state index in [-0.39, 0.29) is 12.5 Å². The van der Waals surface area contributed by atoms with Gasteiger partial charge < -0.3 is 15.7 Å². The number of aliphatic carboxylic acids is 1. The largest absolute Gasteiger partial charge is 0.481 e. The number of rotatable bonds is 6. The number of fused-ring (bicyclic) bond motifs is 1. The fraction of sp³-hybridized carbons (Fsp3) is 0.0385. The fourth-order valence-corrected chi connectivity index (χ4v) is 4.72. The lowest BCUT2D eigenvalue weighted by Crippen LogP contribution is -2.19. The highest BCUT2D eigenvalue weighted by Crippen LogP contribution is 2.37. The second kappa shape index (κ2) is 9.70. The summed E-state index contributed by atoms with van der Waals surface area (Å²) in [5, 5.41) is 16.6. The van der Waals surface area contributed by atoms with Crippen molar-refractivity contribution in [3.05, 3.63) is 90.3 Å². The number of thiophene rings is 1. The molecule has 3 N–H and O–H groups in total. The van der Waals surface area contributed by atoms with Crippen LogP contribution in [-0.4, -0.2) is 32.1 Å². The average molecular weight is 482 g/mol. The van der Waals surface area contributed by atoms with E-state index in [0.29, 0.717) is 11.4 Å². The smallest absolute Gasteiger partial charge is 0.323 e. The number of carboxylic acids is 1. The van der Waals surface area contributed by atoms with Crippen LogP contribution in [0.1, 0.15) is 5.56 Å². The highest BCUT2D eigenvalue weighted by atomic mass is 32.1. The molecule has 0 bridgehead atoms. The molecule has 2 aromatic carbocycles. The van der Waals surface area contributed by atoms with Crippen molar-refractivity contribution in [1.29, 1.82) is 0 Å². The third kappa shape index (κ3) is 4.99. The van der Waals surface area contributed by atoms with Gasteiger partial charge in [-0.2, -0.15) is 0 Å². The molecule has 8 nitrogen and oxygen atoms in total. The van der Waals surface area contributed by atoms with Gasteiger partial charge in [-0.05, 0) is 35.4 Å². The molecule has 3 heterocycles. The van der Waals surface area contributed by atoms with Crippen molar-refractivity contribution in [3.63, 3.8) is 0 Å². The molecule has 0 atom stereocenters. The number of hydrogen-bond donors (Lipinski definition) is 3. The lowest BCUT2D eigenvalue weighted by molar-refractivity contribution is -0.136. The van der Waals surface area contributed by atoms with Crippen LogP contribution in [0.15, 0.2) is 84.8 Å². The molecule has 5 aromatic rings. The van der Waals surface area contributed by atoms with Gasteiger partial charge in [-0.25, -0.2) is 14.8 Å². The number of nitrogens with zero attached hydrogens (tertiary/aromatic N) is 3. The predicted octanol–water partition coefficient (Wildman–Crippen LogP) is 5.69. The van der Waals surface area contributed by atoms with Crippen LogP contribution in [0.25, 0.3) is 32.6 Å². The first-order valence-corrected chi connectivity index (χ1v) is 11.6. The number of hydrogen-bond acceptors (Lipinski definition) is 6. The molecule has 0 radical (unpaired) electrons. The number of benzene rings is 2. The Morgan fingerprint density at radius 2 is 1.49 bits per heavy atom. The van der Waals surface area contributed by atoms with E-state index in [2.05, 4.69) is 25.6 Å². The van der Waals surface area contributed by atoms with Crippen LogP contribution in [0, 0.1) is 0 Å². The quantitative estimate of drug-likeness (QED) is 0.287. The molecule has 0 saturated carbocycles. The van der Waals surface area contributed by atoms with Gasteiger partial charge in [0.15, 0.2) is 0 Å². The number of pyridine rings is 1. The summed E-state index contributed by atoms with van der Waals surface area (Å²) in [4.78, 5) is 36.1. The molecule has 0 fully saturated rings. The number of urea groups is 1. The maximum atomic E-state index is 12.2. The van der Waals surface area contributed by atoms with Crippen LogP contribution in [0.4, 0.5) is 16.2 Å². The van der Waals surface area contributed by atoms with Crippen molar-refractivity contribution in [2.75, 3.05) is 10.6 Å². The van der Waals surface area contributed by atoms with Crippen LogP contribution < -0.4 is 10.6 Å². The van der Waals surface area contributed by atoms with Crippen molar-refractivity contribution < 1.29 is 14.7 Å². The van der Waals surface area contributed by atoms with Gasteiger partial charge in [-0.3, -0.25) is 9.78 Å². The number of amides is 2. The van der Waals surface area contributed by atoms with Gasteiger partial charge >= 0.3 is 12.0 Å². The first-order valence-electron chi connectivity index (χ1n) is 10.7. The third-order valence-corrected chi connectivity index (χ3v) is 6.30. The number of anilines is 2. The predicted molar refractivity (Wildman–Crippen MR) is 137 cm³/mol. The molecular weight excluding hydrogens is 462 g/mol. The monoisotopic (exact) mass is 481 g/mol. The molecule has 0 aliphatic carbocycles. The third-order valence-electron chi connectivity index (χ3n) is 5.33. The number of carbonyl (C=O) groups excluding carboxylic acids is 1. The number of carboxylic acid groups (broad SMARTS) is 1. The van der Waals surface area contributed by atoms with E-state index in [1.165, 1.54) is 0 Å². The zero-order valence-electron chi connectivity index (χ0n) is 18.3. The van der Waals surface area contributed by atoms with Crippen molar-refractivity contribution in [2.45, 2.75) is 6.42 Å². The van der Waals surface area contributed by atoms with Crippen molar-refractivity contribution in [3.8, 4) is 22.4 Å². The van der Waals surface area contributed by atoms with Crippen LogP contribution >= 0.6 is 11.3 Å². The Balaban J connectivity index is 1.36. The van der Waals surface area contributed by atoms with Gasteiger partial charge in [0, 0.05) is 40.3 Å². The molecule has 35 heavy (non-hydrogen) atoms. The van der Waals surface area contributed by atoms with E-state index in [4.69, 9.17) is 5.11 Å². The number of aromatic nitrogens is 3. The maximum Gasteiger partial charge on any atom is 0.323 e. The normalized spacial score (nSPS) is 10.7. The highest BCUT2D eigenvalue weighted by Gasteiger charge is 2.14. The molecule has 5 rings (SSSR count). The lowest BCUT2D eigenvalue weighted by atomic mass is 10.0. The maximum absolute atomic E-state index is 12.2. The second-order valence-electron chi connectivity index (χ2n) is 7.71. The molecular formula is C26H19N5O3S. The van der Waals surface area contributed by atoms with E-state index < -0.39 is 5.97 Å². The molecule has 0 unspecified atom stereocenters. The van der Waals surface area contributed by atoms with Gasteiger partial charge in [0.25, 0.3) is 0 Å². The first-order chi connectivity index (χ1) is 17.1. The zero-order chi connectivity index (χ0) is 24.2. The Labute approximate surface area is 204 Å². The molecule has 0 spiro atoms. The van der Waals surface area contributed by atoms with Crippen LogP contribution in [0.2, 0.25) is 0 Å². The number of carbonyl (C=O) groups is 2. The summed E-state index contributed by atoms with van der Waals surface area (Å²) in [7, 11) is 0. The van der Waals surface area contributed by atoms with Crippen LogP contribution in [0.3, 0.4) is 0 Å². The number of nitrogens with one attached hydrogen (secondary N) is 2. The summed E-state index contributed by atoms with van der Waals surface area (Å²) in [6.07, 6.45) is 4.75. The topological polar surface area (TPSA) is 117 Å². The molecule has 2 amide bonds. The minimum absolute atomic E-state index is 0.00672. The molecule has 172 valence electrons. The van der Waals surface area contributed by atoms with Crippen molar-refractivity contribution in [1.82, 2.24) is 15.0 Å². The van der Waals surface area contributed by atoms with Crippen LogP contribution in [0.5, 0.6) is 0 Å². The Bertz CT molecular complexity index is 1500. The summed E-state index contributed by atoms with van der Waals surface area (Å²) in [5.41, 5.74) is 6.55. The minimum atomic E-state index is -0.855. The Morgan fingerprint density at radius 3 is 2.17 bits per heavy atom. The lowest BCUT2D eigenvalue weighted by Gasteiger charge is -2.08. The Kier molecular flexibility index (Phi) is 6.15. The van der Waals surface area contributed by atoms with Gasteiger partial charge in [0.1, 0.15) is 6.33 Å². The van der Waals surface area contributed by atoms with Gasteiger partial charge in [0.05, 0.1) is 22.3 Å². The Hall–Kier alpha value is -4.63. The van der Waals surface area contributed by atoms with Crippen molar-refractivity contribution in [2.24, 2.45) is 0 Å². The standard InChI is InChI=1S/C26H19N5O3S/c32-22(33)13-16-1-3-17(4-2-16)21-14-35-25-23(28-15-29-24(21)25)18-5-7-19(8-6-18)30-26(34)31-20-9-11-27-12-10-20/h1-12,14-15H,13H2,(H,32,33)(H2,27,30,31,34). The SMILES string of the molecule is O=C(O)Cc1ccc(-c2csc3c(-c4ccc(NC(=O)Nc5ccncc5)cc4)ncnc23)cc1. The zero-order valence-corrected chi connectivity index (χ0v) is 19.1. The second-order valence-corrected chi connectivity index (χ2v) is 8.59. The summed E-state index contributed by atoms with van der Waals surface area (Å²) < 4.78 is 0.952. The summed E-state index contributed by atoms with van der Waals surface area (Å²) >= 11 is 1.56. The average Bonchev–Trinajstić information content (AvgIpc) is 3.30. The van der Waals surface area contributed by atoms with E-state index in [0.717, 1.165) is 38.2 Å². The molecule has 0 aliphatic rings. The van der Waals surface area contributed by atoms with Crippen molar-refractivity contribution >= 4 is 44.9 Å². The van der Waals surface area contributed by atoms with E-state index in [1.54, 1.807) is 42.2 Å². The van der Waals surface area contributed by atoms with E-state index in [9.17, 15) is 9.59 Å². The summed E-state index contributed by atoms with van der Waals surface area (Å²) in [6.45, 7) is 0. The summed E-state index contributed by atoms with van der Waals surface area (Å²) in [5.74, 6) is -0.855. The molecule has 9 heteroatoms. The van der Waals surface area contributed by atoms with E-state index in [1.807, 2.05) is 53.9 Å². The van der Waals surface area contributed by atoms with E-state index >= 15 is 0 Å². The Morgan fingerprint density at radius 1 is 0.829 bits per heavy atom. The molecule has 0 saturated heterocycles. The fourth-order valence-electron chi connectivity index (χ4n) is 3.68. The van der Waals surface area contributed by atoms with Gasteiger partial charge in [-0.1, -0.05) is 36.4 Å². The highest BCUT2D eigenvalue weighted by molar-refractivity contribution is 7.18. The van der Waals surface area contributed by atoms with Gasteiger partial charge in [-0.15, -0.1) is 11.3 Å². The minimum Gasteiger partial charge on any atom is -0.481 e. The first kappa shape index (κ1) is 22.2. The van der Waals surface area contributed by atoms with Gasteiger partial charge in [0.2, 0.25) is 0 Å². The molecule has 0 aliphatic heterocycles. The molecule has 3 aromatic heterocycles. The summed E-state index contributed by atoms with van der Waals surface area (Å²) in [6, 6.07) is 18.0.